The monoisotopic (exact) mass is 437 g/mol. The van der Waals surface area contributed by atoms with Crippen molar-refractivity contribution in [2.24, 2.45) is 0 Å². The van der Waals surface area contributed by atoms with E-state index in [1.165, 1.54) is 27.7 Å². The molecule has 9 nitrogen and oxygen atoms in total. The highest BCUT2D eigenvalue weighted by Gasteiger charge is 2.15. The molecule has 0 unspecified atom stereocenters. The fourth-order valence-electron chi connectivity index (χ4n) is 3.05. The molecule has 0 atom stereocenters. The molecule has 2 aromatic carbocycles. The van der Waals surface area contributed by atoms with E-state index in [1.54, 1.807) is 36.4 Å². The third-order valence-electron chi connectivity index (χ3n) is 4.61. The summed E-state index contributed by atoms with van der Waals surface area (Å²) in [6.45, 7) is 0.342. The summed E-state index contributed by atoms with van der Waals surface area (Å²) in [4.78, 5) is 21.4. The first-order chi connectivity index (χ1) is 15.1. The fraction of sp³-hybridized carbons (Fsp3) is 0.100. The fourth-order valence-corrected chi connectivity index (χ4v) is 3.18. The second-order valence-corrected chi connectivity index (χ2v) is 7.18. The van der Waals surface area contributed by atoms with Gasteiger partial charge in [0, 0.05) is 10.6 Å². The minimum absolute atomic E-state index is 0.0349. The molecule has 0 saturated heterocycles. The van der Waals surface area contributed by atoms with Crippen molar-refractivity contribution in [2.45, 2.75) is 13.1 Å². The van der Waals surface area contributed by atoms with Crippen molar-refractivity contribution >= 4 is 22.8 Å². The van der Waals surface area contributed by atoms with Crippen LogP contribution < -0.4 is 5.56 Å². The average Bonchev–Trinajstić information content (AvgIpc) is 3.40. The van der Waals surface area contributed by atoms with Crippen LogP contribution in [0.2, 0.25) is 5.02 Å². The molecule has 31 heavy (non-hydrogen) atoms. The van der Waals surface area contributed by atoms with E-state index in [2.05, 4.69) is 25.4 Å². The molecule has 3 aromatic heterocycles. The van der Waals surface area contributed by atoms with E-state index in [4.69, 9.17) is 16.1 Å². The number of rotatable bonds is 5. The van der Waals surface area contributed by atoms with Gasteiger partial charge in [-0.1, -0.05) is 34.1 Å². The molecule has 0 aliphatic heterocycles. The van der Waals surface area contributed by atoms with Gasteiger partial charge in [0.05, 0.1) is 6.54 Å². The molecule has 154 valence electrons. The van der Waals surface area contributed by atoms with Crippen LogP contribution in [0.5, 0.6) is 0 Å². The van der Waals surface area contributed by atoms with Gasteiger partial charge in [0.2, 0.25) is 11.7 Å². The highest BCUT2D eigenvalue weighted by molar-refractivity contribution is 6.30. The van der Waals surface area contributed by atoms with Crippen molar-refractivity contribution in [1.82, 2.24) is 34.7 Å². The first-order valence-corrected chi connectivity index (χ1v) is 9.56. The van der Waals surface area contributed by atoms with E-state index in [1.807, 2.05) is 0 Å². The molecule has 0 fully saturated rings. The molecular formula is C20H13ClFN7O2. The summed E-state index contributed by atoms with van der Waals surface area (Å²) in [6, 6.07) is 13.0. The van der Waals surface area contributed by atoms with Gasteiger partial charge in [-0.3, -0.25) is 9.36 Å². The maximum absolute atomic E-state index is 13.1. The van der Waals surface area contributed by atoms with Gasteiger partial charge in [-0.05, 0) is 42.0 Å². The molecule has 5 aromatic rings. The van der Waals surface area contributed by atoms with Crippen molar-refractivity contribution in [3.05, 3.63) is 87.5 Å². The van der Waals surface area contributed by atoms with Crippen molar-refractivity contribution in [3.63, 3.8) is 0 Å². The summed E-state index contributed by atoms with van der Waals surface area (Å²) in [5.74, 6) is 0.305. The van der Waals surface area contributed by atoms with E-state index < -0.39 is 0 Å². The molecule has 0 radical (unpaired) electrons. The van der Waals surface area contributed by atoms with E-state index in [0.29, 0.717) is 23.0 Å². The Morgan fingerprint density at radius 3 is 2.58 bits per heavy atom. The standard InChI is InChI=1S/C20H13ClFN7O2/c21-14-5-3-13(4-6-14)18-24-16(31-26-18)10-28-11-23-19-17(20(28)30)25-27-29(19)9-12-1-7-15(22)8-2-12/h1-8,11H,9-10H2. The third-order valence-corrected chi connectivity index (χ3v) is 4.87. The van der Waals surface area contributed by atoms with Gasteiger partial charge in [0.25, 0.3) is 5.56 Å². The Morgan fingerprint density at radius 1 is 1.03 bits per heavy atom. The van der Waals surface area contributed by atoms with Crippen LogP contribution in [0, 0.1) is 5.82 Å². The quantitative estimate of drug-likeness (QED) is 0.416. The van der Waals surface area contributed by atoms with Gasteiger partial charge < -0.3 is 4.52 Å². The van der Waals surface area contributed by atoms with Gasteiger partial charge in [-0.15, -0.1) is 5.10 Å². The van der Waals surface area contributed by atoms with Gasteiger partial charge in [-0.25, -0.2) is 14.1 Å². The number of fused-ring (bicyclic) bond motifs is 1. The van der Waals surface area contributed by atoms with E-state index >= 15 is 0 Å². The molecule has 11 heteroatoms. The van der Waals surface area contributed by atoms with Crippen molar-refractivity contribution in [2.75, 3.05) is 0 Å². The van der Waals surface area contributed by atoms with Gasteiger partial charge in [0.15, 0.2) is 11.2 Å². The molecule has 0 bridgehead atoms. The van der Waals surface area contributed by atoms with Gasteiger partial charge in [-0.2, -0.15) is 4.98 Å². The first-order valence-electron chi connectivity index (χ1n) is 9.18. The number of aromatic nitrogens is 7. The summed E-state index contributed by atoms with van der Waals surface area (Å²) < 4.78 is 21.2. The topological polar surface area (TPSA) is 105 Å². The highest BCUT2D eigenvalue weighted by Crippen LogP contribution is 2.19. The van der Waals surface area contributed by atoms with Crippen molar-refractivity contribution < 1.29 is 8.91 Å². The summed E-state index contributed by atoms with van der Waals surface area (Å²) in [7, 11) is 0. The molecule has 0 spiro atoms. The Kier molecular flexibility index (Phi) is 4.75. The van der Waals surface area contributed by atoms with Crippen LogP contribution in [0.4, 0.5) is 4.39 Å². The molecule has 5 rings (SSSR count). The largest absolute Gasteiger partial charge is 0.337 e. The molecule has 3 heterocycles. The predicted molar refractivity (Wildman–Crippen MR) is 109 cm³/mol. The number of benzene rings is 2. The van der Waals surface area contributed by atoms with Crippen LogP contribution in [-0.4, -0.2) is 34.7 Å². The zero-order valence-corrected chi connectivity index (χ0v) is 16.6. The third kappa shape index (κ3) is 3.80. The minimum Gasteiger partial charge on any atom is -0.337 e. The number of hydrogen-bond acceptors (Lipinski definition) is 7. The molecular weight excluding hydrogens is 425 g/mol. The maximum atomic E-state index is 13.1. The number of nitrogens with zero attached hydrogens (tertiary/aromatic N) is 7. The van der Waals surface area contributed by atoms with E-state index in [0.717, 1.165) is 11.1 Å². The van der Waals surface area contributed by atoms with E-state index in [-0.39, 0.29) is 29.3 Å². The molecule has 0 aliphatic carbocycles. The SMILES string of the molecule is O=c1c2nnn(Cc3ccc(F)cc3)c2ncn1Cc1nc(-c2ccc(Cl)cc2)no1. The second kappa shape index (κ2) is 7.73. The lowest BCUT2D eigenvalue weighted by Crippen LogP contribution is -2.21. The average molecular weight is 438 g/mol. The lowest BCUT2D eigenvalue weighted by atomic mass is 10.2. The van der Waals surface area contributed by atoms with Gasteiger partial charge >= 0.3 is 0 Å². The molecule has 0 N–H and O–H groups in total. The normalized spacial score (nSPS) is 11.3. The highest BCUT2D eigenvalue weighted by atomic mass is 35.5. The maximum Gasteiger partial charge on any atom is 0.283 e. The van der Waals surface area contributed by atoms with Crippen LogP contribution in [0.3, 0.4) is 0 Å². The zero-order chi connectivity index (χ0) is 21.4. The number of halogens is 2. The Bertz CT molecular complexity index is 1420. The van der Waals surface area contributed by atoms with E-state index in [9.17, 15) is 9.18 Å². The van der Waals surface area contributed by atoms with Crippen molar-refractivity contribution in [1.29, 1.82) is 0 Å². The molecule has 0 amide bonds. The number of hydrogen-bond donors (Lipinski definition) is 0. The predicted octanol–water partition coefficient (Wildman–Crippen LogP) is 2.93. The smallest absolute Gasteiger partial charge is 0.283 e. The lowest BCUT2D eigenvalue weighted by Gasteiger charge is -2.03. The Hall–Kier alpha value is -3.92. The minimum atomic E-state index is -0.387. The summed E-state index contributed by atoms with van der Waals surface area (Å²) in [5, 5.41) is 12.5. The van der Waals surface area contributed by atoms with Crippen LogP contribution in [0.15, 0.2) is 64.2 Å². The van der Waals surface area contributed by atoms with Crippen LogP contribution in [0.25, 0.3) is 22.6 Å². The Labute approximate surface area is 178 Å². The zero-order valence-electron chi connectivity index (χ0n) is 15.8. The Morgan fingerprint density at radius 2 is 1.81 bits per heavy atom. The summed E-state index contributed by atoms with van der Waals surface area (Å²) in [5.41, 5.74) is 1.60. The summed E-state index contributed by atoms with van der Waals surface area (Å²) >= 11 is 5.89. The second-order valence-electron chi connectivity index (χ2n) is 6.74. The Balaban J connectivity index is 1.40. The lowest BCUT2D eigenvalue weighted by molar-refractivity contribution is 0.369. The molecule has 0 aliphatic rings. The van der Waals surface area contributed by atoms with Gasteiger partial charge in [0.1, 0.15) is 18.7 Å². The van der Waals surface area contributed by atoms with Crippen LogP contribution >= 0.6 is 11.6 Å². The summed E-state index contributed by atoms with van der Waals surface area (Å²) in [6.07, 6.45) is 1.38. The first kappa shape index (κ1) is 19.1. The van der Waals surface area contributed by atoms with Crippen LogP contribution in [0.1, 0.15) is 11.5 Å². The van der Waals surface area contributed by atoms with Crippen LogP contribution in [-0.2, 0) is 13.1 Å². The van der Waals surface area contributed by atoms with Crippen molar-refractivity contribution in [3.8, 4) is 11.4 Å². The molecule has 0 saturated carbocycles.